The van der Waals surface area contributed by atoms with Gasteiger partial charge in [0.1, 0.15) is 5.00 Å². The molecule has 0 spiro atoms. The van der Waals surface area contributed by atoms with Gasteiger partial charge in [0.2, 0.25) is 5.91 Å². The molecule has 2 heterocycles. The molecule has 0 aliphatic rings. The minimum absolute atomic E-state index is 0.146. The SMILES string of the molecule is CCc1cc(C(=O)OC)c(NC(=O)CSc2nnc(-c3ccc(N(CC)CC)cc3)n2C)s1. The van der Waals surface area contributed by atoms with E-state index in [9.17, 15) is 9.59 Å². The van der Waals surface area contributed by atoms with Crippen LogP contribution in [0.4, 0.5) is 10.7 Å². The molecule has 0 unspecified atom stereocenters. The second-order valence-electron chi connectivity index (χ2n) is 7.22. The van der Waals surface area contributed by atoms with Crippen LogP contribution in [0.5, 0.6) is 0 Å². The number of aryl methyl sites for hydroxylation is 1. The largest absolute Gasteiger partial charge is 0.465 e. The Morgan fingerprint density at radius 2 is 1.85 bits per heavy atom. The Balaban J connectivity index is 1.66. The van der Waals surface area contributed by atoms with E-state index in [4.69, 9.17) is 4.74 Å². The van der Waals surface area contributed by atoms with E-state index in [0.29, 0.717) is 15.7 Å². The molecule has 176 valence electrons. The van der Waals surface area contributed by atoms with E-state index < -0.39 is 5.97 Å². The number of aromatic nitrogens is 3. The summed E-state index contributed by atoms with van der Waals surface area (Å²) < 4.78 is 6.71. The van der Waals surface area contributed by atoms with Gasteiger partial charge in [0.25, 0.3) is 0 Å². The first kappa shape index (κ1) is 24.8. The van der Waals surface area contributed by atoms with E-state index in [0.717, 1.165) is 35.8 Å². The highest BCUT2D eigenvalue weighted by Crippen LogP contribution is 2.30. The lowest BCUT2D eigenvalue weighted by molar-refractivity contribution is -0.113. The fourth-order valence-electron chi connectivity index (χ4n) is 3.37. The summed E-state index contributed by atoms with van der Waals surface area (Å²) in [7, 11) is 3.21. The number of esters is 1. The molecule has 2 aromatic heterocycles. The number of nitrogens with zero attached hydrogens (tertiary/aromatic N) is 4. The van der Waals surface area contributed by atoms with E-state index >= 15 is 0 Å². The number of anilines is 2. The molecule has 1 amide bonds. The summed E-state index contributed by atoms with van der Waals surface area (Å²) in [6.07, 6.45) is 0.775. The van der Waals surface area contributed by atoms with Gasteiger partial charge in [-0.05, 0) is 50.6 Å². The third-order valence-electron chi connectivity index (χ3n) is 5.21. The van der Waals surface area contributed by atoms with Crippen LogP contribution in [-0.2, 0) is 23.0 Å². The molecule has 3 aromatic rings. The van der Waals surface area contributed by atoms with Crippen molar-refractivity contribution < 1.29 is 14.3 Å². The Morgan fingerprint density at radius 1 is 1.15 bits per heavy atom. The maximum Gasteiger partial charge on any atom is 0.340 e. The summed E-state index contributed by atoms with van der Waals surface area (Å²) >= 11 is 2.68. The molecule has 3 rings (SSSR count). The van der Waals surface area contributed by atoms with Crippen LogP contribution in [0.15, 0.2) is 35.5 Å². The highest BCUT2D eigenvalue weighted by molar-refractivity contribution is 7.99. The topological polar surface area (TPSA) is 89.3 Å². The van der Waals surface area contributed by atoms with Crippen LogP contribution >= 0.6 is 23.1 Å². The van der Waals surface area contributed by atoms with Gasteiger partial charge in [-0.2, -0.15) is 0 Å². The van der Waals surface area contributed by atoms with Gasteiger partial charge in [-0.25, -0.2) is 4.79 Å². The van der Waals surface area contributed by atoms with Crippen molar-refractivity contribution in [3.63, 3.8) is 0 Å². The van der Waals surface area contributed by atoms with Crippen LogP contribution in [0.2, 0.25) is 0 Å². The monoisotopic (exact) mass is 487 g/mol. The number of hydrogen-bond acceptors (Lipinski definition) is 8. The highest BCUT2D eigenvalue weighted by Gasteiger charge is 2.19. The minimum atomic E-state index is -0.459. The standard InChI is InChI=1S/C23H29N5O3S2/c1-6-17-13-18(22(30)31-5)21(33-17)24-19(29)14-32-23-26-25-20(27(23)4)15-9-11-16(12-10-15)28(7-2)8-3/h9-13H,6-8,14H2,1-5H3,(H,24,29). The lowest BCUT2D eigenvalue weighted by Gasteiger charge is -2.21. The van der Waals surface area contributed by atoms with Gasteiger partial charge in [-0.15, -0.1) is 21.5 Å². The summed E-state index contributed by atoms with van der Waals surface area (Å²) in [6, 6.07) is 10.0. The molecule has 0 atom stereocenters. The maximum atomic E-state index is 12.6. The van der Waals surface area contributed by atoms with Gasteiger partial charge in [-0.3, -0.25) is 4.79 Å². The summed E-state index contributed by atoms with van der Waals surface area (Å²) in [5.41, 5.74) is 2.51. The van der Waals surface area contributed by atoms with Crippen molar-refractivity contribution in [2.24, 2.45) is 7.05 Å². The van der Waals surface area contributed by atoms with Gasteiger partial charge >= 0.3 is 5.97 Å². The zero-order chi connectivity index (χ0) is 24.0. The zero-order valence-electron chi connectivity index (χ0n) is 19.5. The Bertz CT molecular complexity index is 1100. The maximum absolute atomic E-state index is 12.6. The minimum Gasteiger partial charge on any atom is -0.465 e. The van der Waals surface area contributed by atoms with Crippen molar-refractivity contribution in [2.75, 3.05) is 36.2 Å². The van der Waals surface area contributed by atoms with E-state index in [1.165, 1.54) is 35.9 Å². The van der Waals surface area contributed by atoms with Crippen LogP contribution in [0.1, 0.15) is 36.0 Å². The summed E-state index contributed by atoms with van der Waals surface area (Å²) in [5.74, 6) is 0.205. The lowest BCUT2D eigenvalue weighted by Crippen LogP contribution is -2.21. The first-order valence-corrected chi connectivity index (χ1v) is 12.6. The molecule has 0 aliphatic carbocycles. The molecule has 0 saturated carbocycles. The second-order valence-corrected chi connectivity index (χ2v) is 9.30. The number of rotatable bonds is 10. The third-order valence-corrected chi connectivity index (χ3v) is 7.43. The molecular formula is C23H29N5O3S2. The average molecular weight is 488 g/mol. The Kier molecular flexibility index (Phi) is 8.51. The molecule has 1 N–H and O–H groups in total. The van der Waals surface area contributed by atoms with Crippen LogP contribution < -0.4 is 10.2 Å². The molecule has 0 saturated heterocycles. The van der Waals surface area contributed by atoms with Gasteiger partial charge < -0.3 is 19.5 Å². The van der Waals surface area contributed by atoms with Crippen molar-refractivity contribution in [1.82, 2.24) is 14.8 Å². The van der Waals surface area contributed by atoms with Crippen LogP contribution in [0.3, 0.4) is 0 Å². The molecule has 1 aromatic carbocycles. The zero-order valence-corrected chi connectivity index (χ0v) is 21.2. The number of thiophene rings is 1. The Labute approximate surface area is 202 Å². The van der Waals surface area contributed by atoms with Gasteiger partial charge in [-0.1, -0.05) is 18.7 Å². The second kappa shape index (κ2) is 11.3. The number of hydrogen-bond donors (Lipinski definition) is 1. The van der Waals surface area contributed by atoms with Crippen molar-refractivity contribution in [3.05, 3.63) is 40.8 Å². The molecule has 0 radical (unpaired) electrons. The smallest absolute Gasteiger partial charge is 0.340 e. The average Bonchev–Trinajstić information content (AvgIpc) is 3.41. The van der Waals surface area contributed by atoms with Gasteiger partial charge in [0.05, 0.1) is 18.4 Å². The van der Waals surface area contributed by atoms with Gasteiger partial charge in [0, 0.05) is 36.3 Å². The van der Waals surface area contributed by atoms with E-state index in [2.05, 4.69) is 46.4 Å². The van der Waals surface area contributed by atoms with E-state index in [1.807, 2.05) is 30.7 Å². The molecule has 0 fully saturated rings. The molecule has 0 aliphatic heterocycles. The van der Waals surface area contributed by atoms with E-state index in [1.54, 1.807) is 6.07 Å². The summed E-state index contributed by atoms with van der Waals surface area (Å²) in [4.78, 5) is 27.8. The fourth-order valence-corrected chi connectivity index (χ4v) is 5.08. The lowest BCUT2D eigenvalue weighted by atomic mass is 10.2. The molecule has 0 bridgehead atoms. The summed E-state index contributed by atoms with van der Waals surface area (Å²) in [5, 5.41) is 12.5. The predicted molar refractivity (Wildman–Crippen MR) is 134 cm³/mol. The highest BCUT2D eigenvalue weighted by atomic mass is 32.2. The number of nitrogens with one attached hydrogen (secondary N) is 1. The first-order valence-electron chi connectivity index (χ1n) is 10.8. The Hall–Kier alpha value is -2.85. The van der Waals surface area contributed by atoms with Crippen LogP contribution in [0.25, 0.3) is 11.4 Å². The first-order chi connectivity index (χ1) is 15.9. The van der Waals surface area contributed by atoms with Crippen molar-refractivity contribution in [3.8, 4) is 11.4 Å². The van der Waals surface area contributed by atoms with Crippen LogP contribution in [-0.4, -0.2) is 52.6 Å². The Morgan fingerprint density at radius 3 is 2.45 bits per heavy atom. The third kappa shape index (κ3) is 5.75. The number of methoxy groups -OCH3 is 1. The number of ether oxygens (including phenoxy) is 1. The number of benzene rings is 1. The number of amides is 1. The van der Waals surface area contributed by atoms with Crippen molar-refractivity contribution >= 4 is 45.7 Å². The molecule has 33 heavy (non-hydrogen) atoms. The summed E-state index contributed by atoms with van der Waals surface area (Å²) in [6.45, 7) is 8.18. The number of carbonyl (C=O) groups excluding carboxylic acids is 2. The molecular weight excluding hydrogens is 458 g/mol. The number of carbonyl (C=O) groups is 2. The van der Waals surface area contributed by atoms with E-state index in [-0.39, 0.29) is 11.7 Å². The fraction of sp³-hybridized carbons (Fsp3) is 0.391. The molecule has 10 heteroatoms. The van der Waals surface area contributed by atoms with Crippen molar-refractivity contribution in [1.29, 1.82) is 0 Å². The predicted octanol–water partition coefficient (Wildman–Crippen LogP) is 4.47. The normalized spacial score (nSPS) is 10.8. The molecule has 8 nitrogen and oxygen atoms in total. The quantitative estimate of drug-likeness (QED) is 0.333. The van der Waals surface area contributed by atoms with Crippen molar-refractivity contribution in [2.45, 2.75) is 32.3 Å². The van der Waals surface area contributed by atoms with Gasteiger partial charge in [0.15, 0.2) is 11.0 Å². The number of thioether (sulfide) groups is 1. The van der Waals surface area contributed by atoms with Crippen LogP contribution in [0, 0.1) is 0 Å².